The van der Waals surface area contributed by atoms with Crippen LogP contribution in [-0.4, -0.2) is 38.3 Å². The number of hydrogen-bond donors (Lipinski definition) is 0. The van der Waals surface area contributed by atoms with Crippen LogP contribution in [0.3, 0.4) is 0 Å². The minimum absolute atomic E-state index is 0.653. The monoisotopic (exact) mass is 421 g/mol. The smallest absolute Gasteiger partial charge is 0.139 e. The van der Waals surface area contributed by atoms with Crippen molar-refractivity contribution in [1.82, 2.24) is 4.90 Å². The maximum atomic E-state index is 6.28. The number of hydrogen-bond acceptors (Lipinski definition) is 5. The van der Waals surface area contributed by atoms with Crippen molar-refractivity contribution in [1.29, 1.82) is 0 Å². The van der Waals surface area contributed by atoms with Crippen molar-refractivity contribution in [3.05, 3.63) is 53.4 Å². The van der Waals surface area contributed by atoms with Crippen molar-refractivity contribution in [2.45, 2.75) is 25.9 Å². The molecule has 5 heteroatoms. The van der Waals surface area contributed by atoms with E-state index in [1.54, 1.807) is 18.4 Å². The van der Waals surface area contributed by atoms with Crippen LogP contribution in [0.15, 0.2) is 48.5 Å². The number of thiophene rings is 1. The number of likely N-dealkylation sites (tertiary alicyclic amines) is 1. The van der Waals surface area contributed by atoms with Crippen LogP contribution in [0.2, 0.25) is 0 Å². The molecule has 0 unspecified atom stereocenters. The van der Waals surface area contributed by atoms with E-state index in [0.717, 1.165) is 41.5 Å². The molecule has 0 spiro atoms. The molecule has 30 heavy (non-hydrogen) atoms. The summed E-state index contributed by atoms with van der Waals surface area (Å²) in [6, 6.07) is 16.6. The van der Waals surface area contributed by atoms with E-state index < -0.39 is 0 Å². The van der Waals surface area contributed by atoms with Gasteiger partial charge in [-0.15, -0.1) is 11.3 Å². The van der Waals surface area contributed by atoms with Crippen molar-refractivity contribution in [3.8, 4) is 38.8 Å². The first-order valence-corrected chi connectivity index (χ1v) is 11.5. The SMILES string of the molecule is COc1ccc2c(c1)Oc1ccccc1-c1cc(COCCN3CCCCC3)sc1-2. The van der Waals surface area contributed by atoms with E-state index in [2.05, 4.69) is 29.2 Å². The van der Waals surface area contributed by atoms with E-state index in [0.29, 0.717) is 6.61 Å². The number of piperidine rings is 1. The second-order valence-corrected chi connectivity index (χ2v) is 9.01. The highest BCUT2D eigenvalue weighted by Crippen LogP contribution is 2.50. The first-order valence-electron chi connectivity index (χ1n) is 10.7. The highest BCUT2D eigenvalue weighted by molar-refractivity contribution is 7.16. The maximum Gasteiger partial charge on any atom is 0.139 e. The first kappa shape index (κ1) is 19.6. The zero-order chi connectivity index (χ0) is 20.3. The molecule has 3 heterocycles. The average molecular weight is 422 g/mol. The Kier molecular flexibility index (Phi) is 5.75. The molecule has 0 N–H and O–H groups in total. The van der Waals surface area contributed by atoms with Gasteiger partial charge in [-0.05, 0) is 50.2 Å². The lowest BCUT2D eigenvalue weighted by Crippen LogP contribution is -2.32. The lowest BCUT2D eigenvalue weighted by Gasteiger charge is -2.26. The lowest BCUT2D eigenvalue weighted by molar-refractivity contribution is 0.0878. The molecule has 2 aliphatic rings. The van der Waals surface area contributed by atoms with Crippen LogP contribution in [0.5, 0.6) is 17.2 Å². The molecule has 1 saturated heterocycles. The molecule has 0 bridgehead atoms. The van der Waals surface area contributed by atoms with Gasteiger partial charge in [0.1, 0.15) is 17.2 Å². The van der Waals surface area contributed by atoms with Crippen molar-refractivity contribution < 1.29 is 14.2 Å². The summed E-state index contributed by atoms with van der Waals surface area (Å²) in [6.45, 7) is 4.90. The van der Waals surface area contributed by atoms with Gasteiger partial charge in [-0.25, -0.2) is 0 Å². The third-order valence-corrected chi connectivity index (χ3v) is 7.00. The molecule has 5 rings (SSSR count). The van der Waals surface area contributed by atoms with Gasteiger partial charge in [-0.2, -0.15) is 0 Å². The number of nitrogens with zero attached hydrogens (tertiary/aromatic N) is 1. The third kappa shape index (κ3) is 3.97. The molecule has 0 saturated carbocycles. The molecule has 3 aromatic rings. The Morgan fingerprint density at radius 1 is 0.933 bits per heavy atom. The average Bonchev–Trinajstić information content (AvgIpc) is 3.16. The summed E-state index contributed by atoms with van der Waals surface area (Å²) in [5.41, 5.74) is 3.44. The molecular weight excluding hydrogens is 394 g/mol. The summed E-state index contributed by atoms with van der Waals surface area (Å²) < 4.78 is 17.8. The fourth-order valence-corrected chi connectivity index (χ4v) is 5.40. The summed E-state index contributed by atoms with van der Waals surface area (Å²) in [4.78, 5) is 4.99. The van der Waals surface area contributed by atoms with Crippen LogP contribution in [0.25, 0.3) is 21.6 Å². The van der Waals surface area contributed by atoms with E-state index in [1.807, 2.05) is 24.3 Å². The molecule has 1 aromatic heterocycles. The van der Waals surface area contributed by atoms with Crippen LogP contribution < -0.4 is 9.47 Å². The quantitative estimate of drug-likeness (QED) is 0.347. The molecule has 2 aromatic carbocycles. The van der Waals surface area contributed by atoms with E-state index in [4.69, 9.17) is 14.2 Å². The fraction of sp³-hybridized carbons (Fsp3) is 0.360. The van der Waals surface area contributed by atoms with Crippen LogP contribution in [0.4, 0.5) is 0 Å². The Balaban J connectivity index is 1.39. The third-order valence-electron chi connectivity index (χ3n) is 5.86. The number of rotatable bonds is 6. The minimum Gasteiger partial charge on any atom is -0.497 e. The van der Waals surface area contributed by atoms with Crippen LogP contribution >= 0.6 is 11.3 Å². The van der Waals surface area contributed by atoms with Crippen LogP contribution in [0.1, 0.15) is 24.1 Å². The van der Waals surface area contributed by atoms with Crippen LogP contribution in [0, 0.1) is 0 Å². The minimum atomic E-state index is 0.653. The van der Waals surface area contributed by atoms with E-state index in [-0.39, 0.29) is 0 Å². The van der Waals surface area contributed by atoms with Crippen LogP contribution in [-0.2, 0) is 11.3 Å². The molecule has 2 aliphatic heterocycles. The van der Waals surface area contributed by atoms with Gasteiger partial charge in [0.05, 0.1) is 20.3 Å². The number of methoxy groups -OCH3 is 1. The van der Waals surface area contributed by atoms with Crippen molar-refractivity contribution in [2.75, 3.05) is 33.4 Å². The summed E-state index contributed by atoms with van der Waals surface area (Å²) >= 11 is 1.79. The van der Waals surface area contributed by atoms with Crippen molar-refractivity contribution in [2.24, 2.45) is 0 Å². The molecule has 4 nitrogen and oxygen atoms in total. The number of ether oxygens (including phenoxy) is 3. The zero-order valence-corrected chi connectivity index (χ0v) is 18.2. The molecule has 0 amide bonds. The Morgan fingerprint density at radius 2 is 1.80 bits per heavy atom. The van der Waals surface area contributed by atoms with Gasteiger partial charge < -0.3 is 19.1 Å². The van der Waals surface area contributed by atoms with Gasteiger partial charge in [0.2, 0.25) is 0 Å². The Bertz CT molecular complexity index is 1020. The molecule has 0 radical (unpaired) electrons. The highest BCUT2D eigenvalue weighted by Gasteiger charge is 2.23. The number of para-hydroxylation sites is 1. The molecule has 156 valence electrons. The summed E-state index contributed by atoms with van der Waals surface area (Å²) in [6.07, 6.45) is 4.02. The normalized spacial score (nSPS) is 15.5. The Labute approximate surface area is 182 Å². The fourth-order valence-electron chi connectivity index (χ4n) is 4.26. The summed E-state index contributed by atoms with van der Waals surface area (Å²) in [5, 5.41) is 0. The van der Waals surface area contributed by atoms with Gasteiger partial charge in [0.15, 0.2) is 0 Å². The topological polar surface area (TPSA) is 30.9 Å². The largest absolute Gasteiger partial charge is 0.497 e. The van der Waals surface area contributed by atoms with E-state index in [1.165, 1.54) is 47.7 Å². The van der Waals surface area contributed by atoms with Gasteiger partial charge in [0, 0.05) is 39.1 Å². The predicted octanol–water partition coefficient (Wildman–Crippen LogP) is 6.20. The zero-order valence-electron chi connectivity index (χ0n) is 17.4. The Hall–Kier alpha value is -2.34. The second-order valence-electron chi connectivity index (χ2n) is 7.87. The number of benzene rings is 2. The van der Waals surface area contributed by atoms with Gasteiger partial charge in [-0.3, -0.25) is 0 Å². The Morgan fingerprint density at radius 3 is 2.67 bits per heavy atom. The van der Waals surface area contributed by atoms with E-state index in [9.17, 15) is 0 Å². The van der Waals surface area contributed by atoms with Gasteiger partial charge in [-0.1, -0.05) is 24.6 Å². The first-order chi connectivity index (χ1) is 14.8. The molecular formula is C25H27NO3S. The maximum absolute atomic E-state index is 6.28. The number of fused-ring (bicyclic) bond motifs is 5. The highest BCUT2D eigenvalue weighted by atomic mass is 32.1. The molecule has 0 aliphatic carbocycles. The second kappa shape index (κ2) is 8.80. The van der Waals surface area contributed by atoms with Crippen molar-refractivity contribution in [3.63, 3.8) is 0 Å². The van der Waals surface area contributed by atoms with Crippen molar-refractivity contribution >= 4 is 11.3 Å². The van der Waals surface area contributed by atoms with E-state index >= 15 is 0 Å². The summed E-state index contributed by atoms with van der Waals surface area (Å²) in [7, 11) is 1.68. The summed E-state index contributed by atoms with van der Waals surface area (Å²) in [5.74, 6) is 2.51. The van der Waals surface area contributed by atoms with Gasteiger partial charge >= 0.3 is 0 Å². The molecule has 1 fully saturated rings. The van der Waals surface area contributed by atoms with Gasteiger partial charge in [0.25, 0.3) is 0 Å². The lowest BCUT2D eigenvalue weighted by atomic mass is 10.0. The standard InChI is InChI=1S/C25H27NO3S/c1-27-18-9-10-21-24(15-18)29-23-8-4-3-7-20(23)22-16-19(30-25(21)22)17-28-14-13-26-11-5-2-6-12-26/h3-4,7-10,15-16H,2,5-6,11-14,17H2,1H3. The molecule has 0 atom stereocenters. The predicted molar refractivity (Wildman–Crippen MR) is 122 cm³/mol.